The molecule has 1 amide bonds. The van der Waals surface area contributed by atoms with Gasteiger partial charge in [-0.25, -0.2) is 9.10 Å². The number of nitrogens with one attached hydrogen (secondary N) is 1. The maximum absolute atomic E-state index is 12.4. The topological polar surface area (TPSA) is 79.0 Å². The second-order valence-electron chi connectivity index (χ2n) is 5.52. The van der Waals surface area contributed by atoms with E-state index >= 15 is 0 Å². The molecule has 0 radical (unpaired) electrons. The number of ether oxygens (including phenoxy) is 1. The molecule has 8 heteroatoms. The van der Waals surface area contributed by atoms with Gasteiger partial charge in [-0.05, 0) is 17.7 Å². The number of fused-ring (bicyclic) bond motifs is 1. The molecule has 0 saturated carbocycles. The van der Waals surface area contributed by atoms with Crippen LogP contribution in [0.15, 0.2) is 54.6 Å². The van der Waals surface area contributed by atoms with Crippen molar-refractivity contribution < 1.29 is 17.9 Å². The Hall–Kier alpha value is -2.74. The summed E-state index contributed by atoms with van der Waals surface area (Å²) in [6.45, 7) is 0.444. The molecule has 0 aromatic heterocycles. The number of amides is 1. The van der Waals surface area contributed by atoms with Crippen LogP contribution >= 0.6 is 0 Å². The van der Waals surface area contributed by atoms with Gasteiger partial charge in [0.1, 0.15) is 6.61 Å². The van der Waals surface area contributed by atoms with Crippen LogP contribution in [-0.2, 0) is 21.6 Å². The molecule has 0 fully saturated rings. The fourth-order valence-electron chi connectivity index (χ4n) is 2.61. The molecule has 0 saturated heterocycles. The molecular formula is C17H19N3O4S. The van der Waals surface area contributed by atoms with Crippen LogP contribution in [0.5, 0.6) is 0 Å². The molecule has 25 heavy (non-hydrogen) atoms. The molecule has 0 bridgehead atoms. The predicted molar refractivity (Wildman–Crippen MR) is 95.7 cm³/mol. The summed E-state index contributed by atoms with van der Waals surface area (Å²) in [5, 5.41) is 2.58. The lowest BCUT2D eigenvalue weighted by atomic mass is 10.2. The van der Waals surface area contributed by atoms with Gasteiger partial charge in [-0.2, -0.15) is 8.42 Å². The minimum Gasteiger partial charge on any atom is -0.445 e. The third-order valence-electron chi connectivity index (χ3n) is 3.91. The van der Waals surface area contributed by atoms with Gasteiger partial charge in [0.2, 0.25) is 0 Å². The van der Waals surface area contributed by atoms with Crippen LogP contribution in [0.4, 0.5) is 16.2 Å². The number of hydrogen-bond acceptors (Lipinski definition) is 4. The molecular weight excluding hydrogens is 342 g/mol. The normalized spacial score (nSPS) is 14.9. The van der Waals surface area contributed by atoms with Crippen molar-refractivity contribution in [3.63, 3.8) is 0 Å². The zero-order valence-electron chi connectivity index (χ0n) is 13.8. The van der Waals surface area contributed by atoms with Gasteiger partial charge in [0.25, 0.3) is 0 Å². The SMILES string of the molecule is CN1c2ccccc2N(CCNC(=O)OCc2ccccc2)S1(=O)=O. The van der Waals surface area contributed by atoms with Gasteiger partial charge < -0.3 is 10.1 Å². The van der Waals surface area contributed by atoms with E-state index in [1.807, 2.05) is 30.3 Å². The zero-order valence-corrected chi connectivity index (χ0v) is 14.6. The average Bonchev–Trinajstić information content (AvgIpc) is 2.82. The van der Waals surface area contributed by atoms with Crippen molar-refractivity contribution in [1.29, 1.82) is 0 Å². The molecule has 0 atom stereocenters. The second-order valence-corrected chi connectivity index (χ2v) is 7.41. The van der Waals surface area contributed by atoms with Crippen LogP contribution in [0.25, 0.3) is 0 Å². The number of carbonyl (C=O) groups excluding carboxylic acids is 1. The van der Waals surface area contributed by atoms with Gasteiger partial charge in [0, 0.05) is 13.6 Å². The Morgan fingerprint density at radius 2 is 1.68 bits per heavy atom. The molecule has 7 nitrogen and oxygen atoms in total. The first kappa shape index (κ1) is 17.1. The third-order valence-corrected chi connectivity index (χ3v) is 5.74. The van der Waals surface area contributed by atoms with Gasteiger partial charge >= 0.3 is 16.3 Å². The van der Waals surface area contributed by atoms with Crippen molar-refractivity contribution in [2.45, 2.75) is 6.61 Å². The molecule has 1 aliphatic heterocycles. The highest BCUT2D eigenvalue weighted by atomic mass is 32.2. The summed E-state index contributed by atoms with van der Waals surface area (Å²) in [7, 11) is -2.09. The number of carbonyl (C=O) groups is 1. The van der Waals surface area contributed by atoms with E-state index in [0.717, 1.165) is 5.56 Å². The number of benzene rings is 2. The first-order valence-electron chi connectivity index (χ1n) is 7.80. The quantitative estimate of drug-likeness (QED) is 0.885. The standard InChI is InChI=1S/C17H19N3O4S/c1-19-15-9-5-6-10-16(15)20(25(19,22)23)12-11-18-17(21)24-13-14-7-3-2-4-8-14/h2-10H,11-13H2,1H3,(H,18,21). The van der Waals surface area contributed by atoms with Gasteiger partial charge in [0.15, 0.2) is 0 Å². The molecule has 1 aliphatic rings. The molecule has 1 heterocycles. The Morgan fingerprint density at radius 1 is 1.04 bits per heavy atom. The largest absolute Gasteiger partial charge is 0.445 e. The molecule has 3 rings (SSSR count). The van der Waals surface area contributed by atoms with Crippen LogP contribution < -0.4 is 13.9 Å². The minimum absolute atomic E-state index is 0.129. The van der Waals surface area contributed by atoms with Crippen LogP contribution in [0.2, 0.25) is 0 Å². The van der Waals surface area contributed by atoms with E-state index in [2.05, 4.69) is 5.32 Å². The first-order valence-corrected chi connectivity index (χ1v) is 9.20. The lowest BCUT2D eigenvalue weighted by molar-refractivity contribution is 0.140. The molecule has 1 N–H and O–H groups in total. The van der Waals surface area contributed by atoms with E-state index in [-0.39, 0.29) is 19.7 Å². The number of hydrogen-bond donors (Lipinski definition) is 1. The Labute approximate surface area is 147 Å². The fraction of sp³-hybridized carbons (Fsp3) is 0.235. The summed E-state index contributed by atoms with van der Waals surface area (Å²) in [5.74, 6) is 0. The maximum Gasteiger partial charge on any atom is 0.407 e. The highest BCUT2D eigenvalue weighted by Crippen LogP contribution is 2.38. The van der Waals surface area contributed by atoms with E-state index in [4.69, 9.17) is 4.74 Å². The number of nitrogens with zero attached hydrogens (tertiary/aromatic N) is 2. The molecule has 2 aromatic carbocycles. The van der Waals surface area contributed by atoms with E-state index < -0.39 is 16.3 Å². The summed E-state index contributed by atoms with van der Waals surface area (Å²) in [6, 6.07) is 16.4. The predicted octanol–water partition coefficient (Wildman–Crippen LogP) is 2.11. The molecule has 0 unspecified atom stereocenters. The van der Waals surface area contributed by atoms with Gasteiger partial charge in [-0.1, -0.05) is 42.5 Å². The highest BCUT2D eigenvalue weighted by molar-refractivity contribution is 7.94. The summed E-state index contributed by atoms with van der Waals surface area (Å²) in [5.41, 5.74) is 2.11. The summed E-state index contributed by atoms with van der Waals surface area (Å²) >= 11 is 0. The summed E-state index contributed by atoms with van der Waals surface area (Å²) in [4.78, 5) is 11.7. The summed E-state index contributed by atoms with van der Waals surface area (Å²) < 4.78 is 32.5. The number of anilines is 2. The minimum atomic E-state index is -3.60. The summed E-state index contributed by atoms with van der Waals surface area (Å²) in [6.07, 6.45) is -0.581. The van der Waals surface area contributed by atoms with E-state index in [0.29, 0.717) is 11.4 Å². The van der Waals surface area contributed by atoms with Crippen LogP contribution in [0, 0.1) is 0 Å². The smallest absolute Gasteiger partial charge is 0.407 e. The first-order chi connectivity index (χ1) is 12.0. The van der Waals surface area contributed by atoms with Crippen molar-refractivity contribution >= 4 is 27.7 Å². The molecule has 2 aromatic rings. The van der Waals surface area contributed by atoms with Crippen molar-refractivity contribution in [3.8, 4) is 0 Å². The monoisotopic (exact) mass is 361 g/mol. The van der Waals surface area contributed by atoms with Gasteiger partial charge in [0.05, 0.1) is 17.9 Å². The Balaban J connectivity index is 1.54. The Kier molecular flexibility index (Phi) is 4.80. The third kappa shape index (κ3) is 3.53. The number of rotatable bonds is 5. The van der Waals surface area contributed by atoms with Crippen LogP contribution in [0.3, 0.4) is 0 Å². The number of para-hydroxylation sites is 2. The highest BCUT2D eigenvalue weighted by Gasteiger charge is 2.37. The van der Waals surface area contributed by atoms with Crippen molar-refractivity contribution in [1.82, 2.24) is 5.32 Å². The molecule has 0 spiro atoms. The van der Waals surface area contributed by atoms with Crippen LogP contribution in [0.1, 0.15) is 5.56 Å². The fourth-order valence-corrected chi connectivity index (χ4v) is 4.03. The lowest BCUT2D eigenvalue weighted by Crippen LogP contribution is -2.40. The Bertz CT molecular complexity index is 855. The second kappa shape index (κ2) is 7.02. The van der Waals surface area contributed by atoms with E-state index in [9.17, 15) is 13.2 Å². The maximum atomic E-state index is 12.4. The lowest BCUT2D eigenvalue weighted by Gasteiger charge is -2.19. The Morgan fingerprint density at radius 3 is 2.40 bits per heavy atom. The molecule has 132 valence electrons. The number of alkyl carbamates (subject to hydrolysis) is 1. The van der Waals surface area contributed by atoms with Crippen molar-refractivity contribution in [2.75, 3.05) is 28.7 Å². The zero-order chi connectivity index (χ0) is 17.9. The van der Waals surface area contributed by atoms with Crippen molar-refractivity contribution in [3.05, 3.63) is 60.2 Å². The van der Waals surface area contributed by atoms with E-state index in [1.165, 1.54) is 15.7 Å². The van der Waals surface area contributed by atoms with E-state index in [1.54, 1.807) is 24.3 Å². The van der Waals surface area contributed by atoms with Gasteiger partial charge in [-0.15, -0.1) is 0 Å². The average molecular weight is 361 g/mol. The van der Waals surface area contributed by atoms with Crippen LogP contribution in [-0.4, -0.2) is 34.6 Å². The van der Waals surface area contributed by atoms with Crippen molar-refractivity contribution in [2.24, 2.45) is 0 Å². The molecule has 0 aliphatic carbocycles. The van der Waals surface area contributed by atoms with Gasteiger partial charge in [-0.3, -0.25) is 4.31 Å².